The summed E-state index contributed by atoms with van der Waals surface area (Å²) in [5, 5.41) is 0. The molecule has 0 bridgehead atoms. The van der Waals surface area contributed by atoms with Gasteiger partial charge in [-0.25, -0.2) is 9.13 Å². The number of hydrogen-bond donors (Lipinski definition) is 0. The molecule has 2 nitrogen and oxygen atoms in total. The van der Waals surface area contributed by atoms with E-state index in [9.17, 15) is 0 Å². The van der Waals surface area contributed by atoms with Crippen LogP contribution in [0.3, 0.4) is 0 Å². The molecule has 0 amide bonds. The number of aromatic nitrogens is 2. The van der Waals surface area contributed by atoms with Crippen molar-refractivity contribution in [2.75, 3.05) is 0 Å². The van der Waals surface area contributed by atoms with E-state index in [2.05, 4.69) is 49.2 Å². The summed E-state index contributed by atoms with van der Waals surface area (Å²) in [4.78, 5) is 0. The highest BCUT2D eigenvalue weighted by atomic mass is 15.2. The first-order valence-electron chi connectivity index (χ1n) is 7.29. The summed E-state index contributed by atoms with van der Waals surface area (Å²) in [6, 6.07) is 0.578. The molecule has 1 aromatic heterocycles. The van der Waals surface area contributed by atoms with Gasteiger partial charge in [0.1, 0.15) is 12.4 Å². The lowest BCUT2D eigenvalue weighted by molar-refractivity contribution is -0.704. The van der Waals surface area contributed by atoms with Gasteiger partial charge in [0.2, 0.25) is 0 Å². The predicted octanol–water partition coefficient (Wildman–Crippen LogP) is 3.89. The van der Waals surface area contributed by atoms with Crippen LogP contribution in [0, 0.1) is 0 Å². The van der Waals surface area contributed by atoms with Crippen LogP contribution >= 0.6 is 0 Å². The average Bonchev–Trinajstić information content (AvgIpc) is 2.68. The Morgan fingerprint density at radius 3 is 2.47 bits per heavy atom. The summed E-state index contributed by atoms with van der Waals surface area (Å²) in [5.41, 5.74) is 0. The summed E-state index contributed by atoms with van der Waals surface area (Å²) in [5.74, 6) is 1.51. The normalized spacial score (nSPS) is 11.4. The zero-order chi connectivity index (χ0) is 12.7. The minimum atomic E-state index is 0.578. The molecule has 0 aliphatic carbocycles. The third kappa shape index (κ3) is 4.18. The van der Waals surface area contributed by atoms with E-state index in [-0.39, 0.29) is 0 Å². The fourth-order valence-electron chi connectivity index (χ4n) is 2.37. The monoisotopic (exact) mass is 237 g/mol. The van der Waals surface area contributed by atoms with Crippen molar-refractivity contribution in [2.24, 2.45) is 0 Å². The third-order valence-corrected chi connectivity index (χ3v) is 3.31. The zero-order valence-corrected chi connectivity index (χ0v) is 12.1. The number of hydrogen-bond acceptors (Lipinski definition) is 0. The molecule has 0 saturated heterocycles. The molecular formula is C15H29N2+. The number of aryl methyl sites for hydroxylation is 1. The van der Waals surface area contributed by atoms with E-state index in [1.165, 1.54) is 44.3 Å². The SMILES string of the molecule is CCCCCCc1n(C(C)C)cc[n+]1CCC. The van der Waals surface area contributed by atoms with E-state index >= 15 is 0 Å². The predicted molar refractivity (Wildman–Crippen MR) is 73.1 cm³/mol. The smallest absolute Gasteiger partial charge is 0.234 e. The Labute approximate surface area is 107 Å². The first-order valence-corrected chi connectivity index (χ1v) is 7.29. The lowest BCUT2D eigenvalue weighted by Gasteiger charge is -2.07. The fourth-order valence-corrected chi connectivity index (χ4v) is 2.37. The van der Waals surface area contributed by atoms with E-state index in [4.69, 9.17) is 0 Å². The van der Waals surface area contributed by atoms with Gasteiger partial charge in [0.15, 0.2) is 0 Å². The summed E-state index contributed by atoms with van der Waals surface area (Å²) < 4.78 is 4.87. The Bertz CT molecular complexity index is 313. The van der Waals surface area contributed by atoms with Crippen LogP contribution in [-0.2, 0) is 13.0 Å². The molecular weight excluding hydrogens is 208 g/mol. The first kappa shape index (κ1) is 14.3. The molecule has 0 N–H and O–H groups in total. The number of nitrogens with zero attached hydrogens (tertiary/aromatic N) is 2. The Balaban J connectivity index is 2.67. The van der Waals surface area contributed by atoms with E-state index < -0.39 is 0 Å². The minimum absolute atomic E-state index is 0.578. The van der Waals surface area contributed by atoms with Gasteiger partial charge in [-0.15, -0.1) is 0 Å². The summed E-state index contributed by atoms with van der Waals surface area (Å²) >= 11 is 0. The van der Waals surface area contributed by atoms with Crippen molar-refractivity contribution in [1.29, 1.82) is 0 Å². The molecule has 1 aromatic rings. The molecule has 1 heterocycles. The van der Waals surface area contributed by atoms with E-state index in [1.54, 1.807) is 0 Å². The summed E-state index contributed by atoms with van der Waals surface area (Å²) in [6.07, 6.45) is 12.3. The lowest BCUT2D eigenvalue weighted by Crippen LogP contribution is -2.37. The summed E-state index contributed by atoms with van der Waals surface area (Å²) in [6.45, 7) is 10.2. The van der Waals surface area contributed by atoms with E-state index in [1.807, 2.05) is 0 Å². The maximum atomic E-state index is 2.44. The van der Waals surface area contributed by atoms with Gasteiger partial charge in [-0.2, -0.15) is 0 Å². The van der Waals surface area contributed by atoms with Crippen molar-refractivity contribution < 1.29 is 4.57 Å². The Hall–Kier alpha value is -0.790. The van der Waals surface area contributed by atoms with Crippen molar-refractivity contribution in [3.05, 3.63) is 18.2 Å². The molecule has 1 rings (SSSR count). The van der Waals surface area contributed by atoms with Gasteiger partial charge in [-0.3, -0.25) is 0 Å². The maximum Gasteiger partial charge on any atom is 0.256 e. The van der Waals surface area contributed by atoms with Crippen LogP contribution in [0.2, 0.25) is 0 Å². The zero-order valence-electron chi connectivity index (χ0n) is 12.1. The standard InChI is InChI=1S/C15H29N2/c1-5-7-8-9-10-15-16(11-6-2)12-13-17(15)14(3)4/h12-14H,5-11H2,1-4H3/q+1. The van der Waals surface area contributed by atoms with Gasteiger partial charge >= 0.3 is 0 Å². The van der Waals surface area contributed by atoms with Gasteiger partial charge in [0, 0.05) is 6.42 Å². The molecule has 98 valence electrons. The van der Waals surface area contributed by atoms with Gasteiger partial charge in [0.05, 0.1) is 12.6 Å². The van der Waals surface area contributed by atoms with Gasteiger partial charge in [-0.05, 0) is 26.7 Å². The highest BCUT2D eigenvalue weighted by molar-refractivity contribution is 4.86. The number of imidazole rings is 1. The van der Waals surface area contributed by atoms with Crippen molar-refractivity contribution in [1.82, 2.24) is 4.57 Å². The first-order chi connectivity index (χ1) is 8.20. The number of rotatable bonds is 8. The van der Waals surface area contributed by atoms with Gasteiger partial charge < -0.3 is 0 Å². The average molecular weight is 237 g/mol. The second-order valence-corrected chi connectivity index (χ2v) is 5.22. The van der Waals surface area contributed by atoms with Crippen LogP contribution in [0.25, 0.3) is 0 Å². The van der Waals surface area contributed by atoms with Gasteiger partial charge in [-0.1, -0.05) is 33.1 Å². The molecule has 0 unspecified atom stereocenters. The highest BCUT2D eigenvalue weighted by Crippen LogP contribution is 2.11. The second kappa shape index (κ2) is 7.52. The molecule has 0 fully saturated rings. The van der Waals surface area contributed by atoms with Crippen molar-refractivity contribution >= 4 is 0 Å². The molecule has 0 atom stereocenters. The molecule has 0 aromatic carbocycles. The fraction of sp³-hybridized carbons (Fsp3) is 0.800. The van der Waals surface area contributed by atoms with Crippen molar-refractivity contribution in [3.63, 3.8) is 0 Å². The van der Waals surface area contributed by atoms with Crippen molar-refractivity contribution in [3.8, 4) is 0 Å². The van der Waals surface area contributed by atoms with Crippen LogP contribution in [-0.4, -0.2) is 4.57 Å². The van der Waals surface area contributed by atoms with Crippen LogP contribution in [0.1, 0.15) is 71.7 Å². The largest absolute Gasteiger partial charge is 0.256 e. The third-order valence-electron chi connectivity index (χ3n) is 3.31. The van der Waals surface area contributed by atoms with E-state index in [0.717, 1.165) is 6.54 Å². The molecule has 0 aliphatic rings. The molecule has 0 saturated carbocycles. The highest BCUT2D eigenvalue weighted by Gasteiger charge is 2.17. The van der Waals surface area contributed by atoms with Gasteiger partial charge in [0.25, 0.3) is 5.82 Å². The molecule has 2 heteroatoms. The van der Waals surface area contributed by atoms with Crippen LogP contribution in [0.15, 0.2) is 12.4 Å². The lowest BCUT2D eigenvalue weighted by atomic mass is 10.1. The Morgan fingerprint density at radius 2 is 1.88 bits per heavy atom. The molecule has 0 radical (unpaired) electrons. The Kier molecular flexibility index (Phi) is 6.31. The molecule has 0 aliphatic heterocycles. The topological polar surface area (TPSA) is 8.81 Å². The quantitative estimate of drug-likeness (QED) is 0.479. The second-order valence-electron chi connectivity index (χ2n) is 5.22. The van der Waals surface area contributed by atoms with Crippen LogP contribution in [0.4, 0.5) is 0 Å². The Morgan fingerprint density at radius 1 is 1.12 bits per heavy atom. The molecule has 17 heavy (non-hydrogen) atoms. The number of unbranched alkanes of at least 4 members (excludes halogenated alkanes) is 3. The van der Waals surface area contributed by atoms with Crippen LogP contribution < -0.4 is 4.57 Å². The summed E-state index contributed by atoms with van der Waals surface area (Å²) in [7, 11) is 0. The minimum Gasteiger partial charge on any atom is -0.234 e. The maximum absolute atomic E-state index is 2.44. The molecule has 0 spiro atoms. The van der Waals surface area contributed by atoms with Crippen molar-refractivity contribution in [2.45, 2.75) is 78.8 Å². The van der Waals surface area contributed by atoms with Crippen LogP contribution in [0.5, 0.6) is 0 Å². The van der Waals surface area contributed by atoms with E-state index in [0.29, 0.717) is 6.04 Å².